The number of para-hydroxylation sites is 1. The number of rotatable bonds is 1. The summed E-state index contributed by atoms with van der Waals surface area (Å²) >= 11 is 0. The summed E-state index contributed by atoms with van der Waals surface area (Å²) in [5, 5.41) is 8.81. The highest BCUT2D eigenvalue weighted by atomic mass is 15.4. The van der Waals surface area contributed by atoms with E-state index in [1.165, 1.54) is 0 Å². The lowest BCUT2D eigenvalue weighted by Crippen LogP contribution is -2.09. The van der Waals surface area contributed by atoms with Crippen LogP contribution in [0.4, 0.5) is 5.69 Å². The van der Waals surface area contributed by atoms with Crippen LogP contribution >= 0.6 is 0 Å². The molecule has 2 heteroatoms. The predicted molar refractivity (Wildman–Crippen MR) is 47.8 cm³/mol. The second-order valence-corrected chi connectivity index (χ2v) is 3.31. The van der Waals surface area contributed by atoms with Gasteiger partial charge in [-0.25, -0.2) is 0 Å². The lowest BCUT2D eigenvalue weighted by Gasteiger charge is -2.05. The second-order valence-electron chi connectivity index (χ2n) is 3.31. The molecule has 0 radical (unpaired) electrons. The molecule has 1 fully saturated rings. The minimum Gasteiger partial charge on any atom is -0.349 e. The summed E-state index contributed by atoms with van der Waals surface area (Å²) in [5.74, 6) is 0. The molecule has 2 rings (SSSR count). The van der Waals surface area contributed by atoms with E-state index in [1.807, 2.05) is 37.3 Å². The fourth-order valence-electron chi connectivity index (χ4n) is 1.35. The Labute approximate surface area is 72.0 Å². The molecule has 0 aromatic heterocycles. The number of hydrogen-bond donors (Lipinski definition) is 0. The van der Waals surface area contributed by atoms with E-state index in [1.54, 1.807) is 0 Å². The Kier molecular flexibility index (Phi) is 1.34. The van der Waals surface area contributed by atoms with Gasteiger partial charge >= 0.3 is 0 Å². The largest absolute Gasteiger partial charge is 0.349 e. The van der Waals surface area contributed by atoms with Gasteiger partial charge in [0.2, 0.25) is 0 Å². The summed E-state index contributed by atoms with van der Waals surface area (Å²) in [4.78, 5) is 2.09. The maximum atomic E-state index is 8.81. The first-order chi connectivity index (χ1) is 5.76. The Hall–Kier alpha value is -1.49. The first-order valence-electron chi connectivity index (χ1n) is 4.00. The highest BCUT2D eigenvalue weighted by molar-refractivity contribution is 5.60. The van der Waals surface area contributed by atoms with Crippen LogP contribution in [-0.2, 0) is 0 Å². The molecule has 1 unspecified atom stereocenters. The molecule has 0 bridgehead atoms. The third-order valence-corrected chi connectivity index (χ3v) is 2.27. The third kappa shape index (κ3) is 0.947. The summed E-state index contributed by atoms with van der Waals surface area (Å²) in [6.07, 6.45) is 0. The minimum atomic E-state index is -0.249. The predicted octanol–water partition coefficient (Wildman–Crippen LogP) is 1.79. The van der Waals surface area contributed by atoms with E-state index < -0.39 is 0 Å². The van der Waals surface area contributed by atoms with Gasteiger partial charge in [0.1, 0.15) is 5.54 Å². The van der Waals surface area contributed by atoms with Crippen molar-refractivity contribution < 1.29 is 0 Å². The average molecular weight is 158 g/mol. The number of nitriles is 1. The van der Waals surface area contributed by atoms with Gasteiger partial charge in [-0.05, 0) is 19.1 Å². The highest BCUT2D eigenvalue weighted by Crippen LogP contribution is 2.36. The van der Waals surface area contributed by atoms with Gasteiger partial charge in [0.25, 0.3) is 0 Å². The van der Waals surface area contributed by atoms with E-state index in [9.17, 15) is 0 Å². The number of benzene rings is 1. The molecule has 1 atom stereocenters. The van der Waals surface area contributed by atoms with Gasteiger partial charge in [-0.15, -0.1) is 0 Å². The summed E-state index contributed by atoms with van der Waals surface area (Å²) < 4.78 is 0. The molecule has 0 amide bonds. The van der Waals surface area contributed by atoms with Crippen molar-refractivity contribution in [3.63, 3.8) is 0 Å². The topological polar surface area (TPSA) is 26.8 Å². The molecule has 1 aromatic rings. The van der Waals surface area contributed by atoms with Crippen LogP contribution in [-0.4, -0.2) is 12.1 Å². The smallest absolute Gasteiger partial charge is 0.142 e. The van der Waals surface area contributed by atoms with Crippen molar-refractivity contribution in [3.05, 3.63) is 30.3 Å². The van der Waals surface area contributed by atoms with Gasteiger partial charge in [0.05, 0.1) is 12.6 Å². The Morgan fingerprint density at radius 2 is 2.08 bits per heavy atom. The fourth-order valence-corrected chi connectivity index (χ4v) is 1.35. The Balaban J connectivity index is 2.23. The second kappa shape index (κ2) is 2.25. The maximum absolute atomic E-state index is 8.81. The molecule has 0 spiro atoms. The summed E-state index contributed by atoms with van der Waals surface area (Å²) in [6, 6.07) is 12.3. The van der Waals surface area contributed by atoms with Crippen LogP contribution in [0.1, 0.15) is 6.92 Å². The first-order valence-corrected chi connectivity index (χ1v) is 4.00. The normalized spacial score (nSPS) is 26.5. The molecule has 1 saturated heterocycles. The average Bonchev–Trinajstić information content (AvgIpc) is 2.81. The molecule has 0 saturated carbocycles. The zero-order valence-corrected chi connectivity index (χ0v) is 6.99. The van der Waals surface area contributed by atoms with E-state index in [2.05, 4.69) is 11.0 Å². The lowest BCUT2D eigenvalue weighted by molar-refractivity contribution is 0.934. The van der Waals surface area contributed by atoms with E-state index in [0.717, 1.165) is 12.2 Å². The molecule has 12 heavy (non-hydrogen) atoms. The van der Waals surface area contributed by atoms with Crippen molar-refractivity contribution >= 4 is 5.69 Å². The van der Waals surface area contributed by atoms with Crippen molar-refractivity contribution in [1.82, 2.24) is 0 Å². The minimum absolute atomic E-state index is 0.249. The molecule has 0 N–H and O–H groups in total. The number of nitrogens with zero attached hydrogens (tertiary/aromatic N) is 2. The van der Waals surface area contributed by atoms with Crippen LogP contribution in [0.3, 0.4) is 0 Å². The van der Waals surface area contributed by atoms with Crippen molar-refractivity contribution in [2.75, 3.05) is 11.4 Å². The Bertz CT molecular complexity index is 325. The van der Waals surface area contributed by atoms with Crippen LogP contribution in [0.2, 0.25) is 0 Å². The maximum Gasteiger partial charge on any atom is 0.142 e. The van der Waals surface area contributed by atoms with Crippen LogP contribution in [0.15, 0.2) is 30.3 Å². The fraction of sp³-hybridized carbons (Fsp3) is 0.300. The van der Waals surface area contributed by atoms with Gasteiger partial charge in [0, 0.05) is 5.69 Å². The third-order valence-electron chi connectivity index (χ3n) is 2.27. The van der Waals surface area contributed by atoms with Crippen molar-refractivity contribution in [2.24, 2.45) is 0 Å². The molecule has 1 aromatic carbocycles. The van der Waals surface area contributed by atoms with E-state index in [4.69, 9.17) is 5.26 Å². The van der Waals surface area contributed by atoms with Crippen LogP contribution in [0.25, 0.3) is 0 Å². The molecule has 2 nitrogen and oxygen atoms in total. The van der Waals surface area contributed by atoms with E-state index in [-0.39, 0.29) is 5.54 Å². The SMILES string of the molecule is CC1(C#N)CN1c1ccccc1. The molecular formula is C10H10N2. The first kappa shape index (κ1) is 7.17. The van der Waals surface area contributed by atoms with E-state index >= 15 is 0 Å². The number of anilines is 1. The molecule has 1 aliphatic rings. The zero-order valence-electron chi connectivity index (χ0n) is 6.99. The zero-order chi connectivity index (χ0) is 8.60. The van der Waals surface area contributed by atoms with Gasteiger partial charge < -0.3 is 4.90 Å². The number of hydrogen-bond acceptors (Lipinski definition) is 2. The lowest BCUT2D eigenvalue weighted by atomic mass is 10.2. The van der Waals surface area contributed by atoms with Crippen molar-refractivity contribution in [3.8, 4) is 6.07 Å². The Morgan fingerprint density at radius 1 is 1.42 bits per heavy atom. The van der Waals surface area contributed by atoms with Gasteiger partial charge in [-0.1, -0.05) is 18.2 Å². The molecular weight excluding hydrogens is 148 g/mol. The van der Waals surface area contributed by atoms with Crippen molar-refractivity contribution in [1.29, 1.82) is 5.26 Å². The summed E-state index contributed by atoms with van der Waals surface area (Å²) in [6.45, 7) is 2.81. The van der Waals surface area contributed by atoms with Gasteiger partial charge in [-0.3, -0.25) is 0 Å². The summed E-state index contributed by atoms with van der Waals surface area (Å²) in [5.41, 5.74) is 0.892. The standard InChI is InChI=1S/C10H10N2/c1-10(7-11)8-12(10)9-5-3-2-4-6-9/h2-6H,8H2,1H3. The molecule has 1 heterocycles. The van der Waals surface area contributed by atoms with Gasteiger partial charge in [0.15, 0.2) is 0 Å². The van der Waals surface area contributed by atoms with Gasteiger partial charge in [-0.2, -0.15) is 5.26 Å². The van der Waals surface area contributed by atoms with E-state index in [0.29, 0.717) is 0 Å². The molecule has 0 aliphatic carbocycles. The monoisotopic (exact) mass is 158 g/mol. The summed E-state index contributed by atoms with van der Waals surface area (Å²) in [7, 11) is 0. The molecule has 1 aliphatic heterocycles. The molecule has 60 valence electrons. The quantitative estimate of drug-likeness (QED) is 0.582. The van der Waals surface area contributed by atoms with Crippen LogP contribution < -0.4 is 4.90 Å². The Morgan fingerprint density at radius 3 is 2.58 bits per heavy atom. The van der Waals surface area contributed by atoms with Crippen LogP contribution in [0.5, 0.6) is 0 Å². The van der Waals surface area contributed by atoms with Crippen LogP contribution in [0, 0.1) is 11.3 Å². The van der Waals surface area contributed by atoms with Crippen molar-refractivity contribution in [2.45, 2.75) is 12.5 Å². The highest BCUT2D eigenvalue weighted by Gasteiger charge is 2.48.